The Balaban J connectivity index is 1.95. The summed E-state index contributed by atoms with van der Waals surface area (Å²) in [6, 6.07) is 2.25. The number of aryl methyl sites for hydroxylation is 1. The SMILES string of the molecule is CN1CCCCC1CCn1ncc(I)cc1=O. The Morgan fingerprint density at radius 3 is 3.06 bits per heavy atom. The van der Waals surface area contributed by atoms with E-state index in [0.717, 1.165) is 16.5 Å². The van der Waals surface area contributed by atoms with Crippen LogP contribution in [0.4, 0.5) is 0 Å². The van der Waals surface area contributed by atoms with Gasteiger partial charge in [0.05, 0.1) is 6.20 Å². The molecule has 0 amide bonds. The van der Waals surface area contributed by atoms with Gasteiger partial charge in [0.2, 0.25) is 0 Å². The maximum atomic E-state index is 11.7. The Hall–Kier alpha value is -0.430. The highest BCUT2D eigenvalue weighted by Crippen LogP contribution is 2.17. The van der Waals surface area contributed by atoms with Crippen LogP contribution in [0, 0.1) is 3.57 Å². The molecule has 0 aromatic carbocycles. The molecule has 1 aliphatic heterocycles. The molecule has 0 spiro atoms. The van der Waals surface area contributed by atoms with E-state index in [9.17, 15) is 4.79 Å². The molecule has 1 aromatic rings. The molecule has 1 atom stereocenters. The lowest BCUT2D eigenvalue weighted by Crippen LogP contribution is -2.37. The number of halogens is 1. The van der Waals surface area contributed by atoms with Gasteiger partial charge >= 0.3 is 0 Å². The Morgan fingerprint density at radius 2 is 2.35 bits per heavy atom. The number of aromatic nitrogens is 2. The molecule has 5 heteroatoms. The van der Waals surface area contributed by atoms with Gasteiger partial charge in [-0.25, -0.2) is 4.68 Å². The number of hydrogen-bond acceptors (Lipinski definition) is 3. The molecule has 0 saturated carbocycles. The van der Waals surface area contributed by atoms with E-state index in [1.165, 1.54) is 25.8 Å². The van der Waals surface area contributed by atoms with Gasteiger partial charge in [-0.1, -0.05) is 6.42 Å². The van der Waals surface area contributed by atoms with Gasteiger partial charge in [-0.2, -0.15) is 5.10 Å². The maximum Gasteiger partial charge on any atom is 0.267 e. The highest BCUT2D eigenvalue weighted by atomic mass is 127. The Kier molecular flexibility index (Phi) is 4.55. The first-order valence-corrected chi connectivity index (χ1v) is 7.17. The standard InChI is InChI=1S/C12H18IN3O/c1-15-6-3-2-4-11(15)5-7-16-12(17)8-10(13)9-14-16/h8-9,11H,2-7H2,1H3. The lowest BCUT2D eigenvalue weighted by atomic mass is 10.0. The zero-order chi connectivity index (χ0) is 12.3. The van der Waals surface area contributed by atoms with Gasteiger partial charge in [-0.3, -0.25) is 4.79 Å². The van der Waals surface area contributed by atoms with Crippen molar-refractivity contribution in [2.24, 2.45) is 0 Å². The van der Waals surface area contributed by atoms with Gasteiger partial charge in [0.1, 0.15) is 0 Å². The van der Waals surface area contributed by atoms with Crippen molar-refractivity contribution in [3.8, 4) is 0 Å². The van der Waals surface area contributed by atoms with Crippen LogP contribution >= 0.6 is 22.6 Å². The third kappa shape index (κ3) is 3.51. The minimum atomic E-state index is 0.00959. The fourth-order valence-corrected chi connectivity index (χ4v) is 2.75. The number of piperidine rings is 1. The maximum absolute atomic E-state index is 11.7. The van der Waals surface area contributed by atoms with Crippen LogP contribution in [0.15, 0.2) is 17.1 Å². The molecular formula is C12H18IN3O. The van der Waals surface area contributed by atoms with E-state index in [4.69, 9.17) is 0 Å². The highest BCUT2D eigenvalue weighted by molar-refractivity contribution is 14.1. The summed E-state index contributed by atoms with van der Waals surface area (Å²) in [5, 5.41) is 4.17. The van der Waals surface area contributed by atoms with Crippen LogP contribution < -0.4 is 5.56 Å². The average Bonchev–Trinajstić information content (AvgIpc) is 2.30. The molecule has 0 radical (unpaired) electrons. The fourth-order valence-electron chi connectivity index (χ4n) is 2.36. The van der Waals surface area contributed by atoms with Crippen LogP contribution in [0.2, 0.25) is 0 Å². The van der Waals surface area contributed by atoms with Gasteiger partial charge in [0, 0.05) is 22.2 Å². The van der Waals surface area contributed by atoms with Crippen LogP contribution in [-0.2, 0) is 6.54 Å². The highest BCUT2D eigenvalue weighted by Gasteiger charge is 2.18. The second kappa shape index (κ2) is 5.95. The molecule has 2 heterocycles. The van der Waals surface area contributed by atoms with E-state index in [1.54, 1.807) is 16.9 Å². The predicted octanol–water partition coefficient (Wildman–Crippen LogP) is 1.72. The lowest BCUT2D eigenvalue weighted by molar-refractivity contribution is 0.169. The van der Waals surface area contributed by atoms with Crippen molar-refractivity contribution in [3.05, 3.63) is 26.2 Å². The molecule has 1 unspecified atom stereocenters. The van der Waals surface area contributed by atoms with E-state index < -0.39 is 0 Å². The number of likely N-dealkylation sites (tertiary alicyclic amines) is 1. The summed E-state index contributed by atoms with van der Waals surface area (Å²) in [5.74, 6) is 0. The van der Waals surface area contributed by atoms with Gasteiger partial charge in [0.15, 0.2) is 0 Å². The fraction of sp³-hybridized carbons (Fsp3) is 0.667. The first kappa shape index (κ1) is 13.0. The van der Waals surface area contributed by atoms with E-state index in [2.05, 4.69) is 39.6 Å². The lowest BCUT2D eigenvalue weighted by Gasteiger charge is -2.32. The normalized spacial score (nSPS) is 21.6. The molecule has 4 nitrogen and oxygen atoms in total. The molecule has 94 valence electrons. The zero-order valence-electron chi connectivity index (χ0n) is 10.1. The van der Waals surface area contributed by atoms with Gasteiger partial charge in [-0.15, -0.1) is 0 Å². The topological polar surface area (TPSA) is 38.1 Å². The minimum absolute atomic E-state index is 0.00959. The molecule has 1 saturated heterocycles. The average molecular weight is 347 g/mol. The quantitative estimate of drug-likeness (QED) is 0.782. The Labute approximate surface area is 115 Å². The van der Waals surface area contributed by atoms with E-state index in [0.29, 0.717) is 6.04 Å². The third-order valence-corrected chi connectivity index (χ3v) is 4.02. The van der Waals surface area contributed by atoms with Crippen molar-refractivity contribution < 1.29 is 0 Å². The second-order valence-corrected chi connectivity index (χ2v) is 5.90. The smallest absolute Gasteiger partial charge is 0.267 e. The van der Waals surface area contributed by atoms with Gasteiger partial charge in [0.25, 0.3) is 5.56 Å². The molecular weight excluding hydrogens is 329 g/mol. The molecule has 0 aliphatic carbocycles. The van der Waals surface area contributed by atoms with Crippen LogP contribution in [0.5, 0.6) is 0 Å². The van der Waals surface area contributed by atoms with Crippen molar-refractivity contribution in [1.29, 1.82) is 0 Å². The number of nitrogens with zero attached hydrogens (tertiary/aromatic N) is 3. The predicted molar refractivity (Wildman–Crippen MR) is 76.1 cm³/mol. The van der Waals surface area contributed by atoms with Crippen molar-refractivity contribution >= 4 is 22.6 Å². The molecule has 1 aromatic heterocycles. The van der Waals surface area contributed by atoms with Crippen LogP contribution in [0.1, 0.15) is 25.7 Å². The molecule has 0 bridgehead atoms. The summed E-state index contributed by atoms with van der Waals surface area (Å²) in [7, 11) is 2.17. The minimum Gasteiger partial charge on any atom is -0.303 e. The molecule has 1 aliphatic rings. The summed E-state index contributed by atoms with van der Waals surface area (Å²) in [5.41, 5.74) is 0.00959. The number of rotatable bonds is 3. The Bertz CT molecular complexity index is 432. The number of hydrogen-bond donors (Lipinski definition) is 0. The molecule has 0 N–H and O–H groups in total. The monoisotopic (exact) mass is 347 g/mol. The van der Waals surface area contributed by atoms with E-state index in [1.807, 2.05) is 0 Å². The first-order chi connectivity index (χ1) is 8.16. The summed E-state index contributed by atoms with van der Waals surface area (Å²) in [6.07, 6.45) is 6.62. The van der Waals surface area contributed by atoms with Crippen LogP contribution in [-0.4, -0.2) is 34.3 Å². The van der Waals surface area contributed by atoms with E-state index >= 15 is 0 Å². The van der Waals surface area contributed by atoms with Crippen molar-refractivity contribution in [2.45, 2.75) is 38.3 Å². The first-order valence-electron chi connectivity index (χ1n) is 6.10. The van der Waals surface area contributed by atoms with Crippen LogP contribution in [0.25, 0.3) is 0 Å². The molecule has 1 fully saturated rings. The molecule has 2 rings (SSSR count). The Morgan fingerprint density at radius 1 is 1.53 bits per heavy atom. The summed E-state index contributed by atoms with van der Waals surface area (Å²) in [6.45, 7) is 1.91. The zero-order valence-corrected chi connectivity index (χ0v) is 12.3. The van der Waals surface area contributed by atoms with Crippen LogP contribution in [0.3, 0.4) is 0 Å². The summed E-state index contributed by atoms with van der Waals surface area (Å²) < 4.78 is 2.48. The van der Waals surface area contributed by atoms with E-state index in [-0.39, 0.29) is 5.56 Å². The summed E-state index contributed by atoms with van der Waals surface area (Å²) in [4.78, 5) is 14.1. The van der Waals surface area contributed by atoms with Gasteiger partial charge in [-0.05, 0) is 55.4 Å². The summed E-state index contributed by atoms with van der Waals surface area (Å²) >= 11 is 2.11. The van der Waals surface area contributed by atoms with Crippen molar-refractivity contribution in [3.63, 3.8) is 0 Å². The molecule has 17 heavy (non-hydrogen) atoms. The largest absolute Gasteiger partial charge is 0.303 e. The second-order valence-electron chi connectivity index (χ2n) is 4.65. The third-order valence-electron chi connectivity index (χ3n) is 3.43. The van der Waals surface area contributed by atoms with Crippen molar-refractivity contribution in [1.82, 2.24) is 14.7 Å². The van der Waals surface area contributed by atoms with Gasteiger partial charge < -0.3 is 4.90 Å². The van der Waals surface area contributed by atoms with Crippen molar-refractivity contribution in [2.75, 3.05) is 13.6 Å².